The maximum absolute atomic E-state index is 12.6. The first kappa shape index (κ1) is 19.7. The molecule has 0 aliphatic carbocycles. The van der Waals surface area contributed by atoms with Crippen molar-refractivity contribution in [2.24, 2.45) is 0 Å². The van der Waals surface area contributed by atoms with Crippen LogP contribution in [0.1, 0.15) is 24.2 Å². The molecule has 2 aromatic rings. The SMILES string of the molecule is CCN(CC)S(=O)(=O)c1cccc(C(=O)Nc2cc(Cl)ccc2Cl)c1. The first-order valence-electron chi connectivity index (χ1n) is 7.66. The van der Waals surface area contributed by atoms with E-state index in [0.29, 0.717) is 28.8 Å². The molecule has 0 aliphatic heterocycles. The number of sulfonamides is 1. The third kappa shape index (κ3) is 4.52. The Kier molecular flexibility index (Phi) is 6.46. The maximum Gasteiger partial charge on any atom is 0.255 e. The zero-order valence-electron chi connectivity index (χ0n) is 13.8. The van der Waals surface area contributed by atoms with E-state index < -0.39 is 15.9 Å². The third-order valence-corrected chi connectivity index (χ3v) is 6.23. The molecule has 5 nitrogen and oxygen atoms in total. The summed E-state index contributed by atoms with van der Waals surface area (Å²) in [6, 6.07) is 10.6. The van der Waals surface area contributed by atoms with Gasteiger partial charge in [-0.1, -0.05) is 43.1 Å². The number of halogens is 2. The molecule has 0 aromatic heterocycles. The van der Waals surface area contributed by atoms with Crippen molar-refractivity contribution in [2.75, 3.05) is 18.4 Å². The van der Waals surface area contributed by atoms with Crippen LogP contribution in [0, 0.1) is 0 Å². The van der Waals surface area contributed by atoms with Crippen molar-refractivity contribution in [3.8, 4) is 0 Å². The van der Waals surface area contributed by atoms with Crippen LogP contribution in [-0.2, 0) is 10.0 Å². The number of hydrogen-bond donors (Lipinski definition) is 1. The molecule has 134 valence electrons. The van der Waals surface area contributed by atoms with Gasteiger partial charge in [0.2, 0.25) is 10.0 Å². The van der Waals surface area contributed by atoms with Crippen LogP contribution < -0.4 is 5.32 Å². The molecule has 2 aromatic carbocycles. The van der Waals surface area contributed by atoms with Crippen molar-refractivity contribution in [1.29, 1.82) is 0 Å². The summed E-state index contributed by atoms with van der Waals surface area (Å²) < 4.78 is 26.5. The average molecular weight is 401 g/mol. The fourth-order valence-electron chi connectivity index (χ4n) is 2.30. The molecule has 25 heavy (non-hydrogen) atoms. The Hall–Kier alpha value is -1.60. The Balaban J connectivity index is 2.32. The molecule has 0 saturated carbocycles. The summed E-state index contributed by atoms with van der Waals surface area (Å²) in [5.41, 5.74) is 0.570. The molecule has 0 aliphatic rings. The first-order chi connectivity index (χ1) is 11.8. The van der Waals surface area contributed by atoms with Gasteiger partial charge in [0.25, 0.3) is 5.91 Å². The van der Waals surface area contributed by atoms with Crippen molar-refractivity contribution < 1.29 is 13.2 Å². The minimum Gasteiger partial charge on any atom is -0.321 e. The average Bonchev–Trinajstić information content (AvgIpc) is 2.59. The van der Waals surface area contributed by atoms with E-state index in [-0.39, 0.29) is 10.5 Å². The molecule has 2 rings (SSSR count). The molecule has 0 unspecified atom stereocenters. The largest absolute Gasteiger partial charge is 0.321 e. The fraction of sp³-hybridized carbons (Fsp3) is 0.235. The zero-order chi connectivity index (χ0) is 18.6. The van der Waals surface area contributed by atoms with Crippen LogP contribution in [0.5, 0.6) is 0 Å². The number of carbonyl (C=O) groups excluding carboxylic acids is 1. The summed E-state index contributed by atoms with van der Waals surface area (Å²) in [5.74, 6) is -0.472. The minimum absolute atomic E-state index is 0.0704. The fourth-order valence-corrected chi connectivity index (χ4v) is 4.14. The van der Waals surface area contributed by atoms with E-state index >= 15 is 0 Å². The van der Waals surface area contributed by atoms with Gasteiger partial charge >= 0.3 is 0 Å². The molecule has 0 heterocycles. The normalized spacial score (nSPS) is 11.6. The van der Waals surface area contributed by atoms with Gasteiger partial charge in [0.05, 0.1) is 15.6 Å². The molecule has 1 N–H and O–H groups in total. The Labute approximate surface area is 157 Å². The van der Waals surface area contributed by atoms with E-state index in [1.807, 2.05) is 0 Å². The standard InChI is InChI=1S/C17H18Cl2N2O3S/c1-3-21(4-2)25(23,24)14-7-5-6-12(10-14)17(22)20-16-11-13(18)8-9-15(16)19/h5-11H,3-4H2,1-2H3,(H,20,22). The quantitative estimate of drug-likeness (QED) is 0.786. The molecule has 0 spiro atoms. The summed E-state index contributed by atoms with van der Waals surface area (Å²) in [6.07, 6.45) is 0. The van der Waals surface area contributed by atoms with E-state index in [1.54, 1.807) is 26.0 Å². The highest BCUT2D eigenvalue weighted by Gasteiger charge is 2.22. The van der Waals surface area contributed by atoms with Crippen LogP contribution in [0.25, 0.3) is 0 Å². The highest BCUT2D eigenvalue weighted by atomic mass is 35.5. The van der Waals surface area contributed by atoms with Gasteiger partial charge in [-0.3, -0.25) is 4.79 Å². The van der Waals surface area contributed by atoms with E-state index in [9.17, 15) is 13.2 Å². The Morgan fingerprint density at radius 1 is 1.08 bits per heavy atom. The molecular weight excluding hydrogens is 383 g/mol. The lowest BCUT2D eigenvalue weighted by Crippen LogP contribution is -2.30. The lowest BCUT2D eigenvalue weighted by Gasteiger charge is -2.18. The van der Waals surface area contributed by atoms with Crippen molar-refractivity contribution in [3.05, 3.63) is 58.1 Å². The van der Waals surface area contributed by atoms with Gasteiger partial charge in [-0.25, -0.2) is 8.42 Å². The second-order valence-electron chi connectivity index (χ2n) is 5.20. The molecule has 0 bridgehead atoms. The summed E-state index contributed by atoms with van der Waals surface area (Å²) in [6.45, 7) is 4.23. The van der Waals surface area contributed by atoms with Crippen molar-refractivity contribution in [2.45, 2.75) is 18.7 Å². The third-order valence-electron chi connectivity index (χ3n) is 3.62. The van der Waals surface area contributed by atoms with Gasteiger partial charge in [0.15, 0.2) is 0 Å². The maximum atomic E-state index is 12.6. The lowest BCUT2D eigenvalue weighted by atomic mass is 10.2. The number of anilines is 1. The summed E-state index contributed by atoms with van der Waals surface area (Å²) in [7, 11) is -3.64. The highest BCUT2D eigenvalue weighted by molar-refractivity contribution is 7.89. The van der Waals surface area contributed by atoms with Crippen molar-refractivity contribution >= 4 is 44.8 Å². The van der Waals surface area contributed by atoms with Crippen LogP contribution in [0.2, 0.25) is 10.0 Å². The van der Waals surface area contributed by atoms with E-state index in [2.05, 4.69) is 5.32 Å². The van der Waals surface area contributed by atoms with E-state index in [4.69, 9.17) is 23.2 Å². The van der Waals surface area contributed by atoms with Gasteiger partial charge < -0.3 is 5.32 Å². The second kappa shape index (κ2) is 8.19. The van der Waals surface area contributed by atoms with Gasteiger partial charge in [-0.15, -0.1) is 0 Å². The monoisotopic (exact) mass is 400 g/mol. The number of carbonyl (C=O) groups is 1. The van der Waals surface area contributed by atoms with Gasteiger partial charge in [0.1, 0.15) is 0 Å². The number of hydrogen-bond acceptors (Lipinski definition) is 3. The second-order valence-corrected chi connectivity index (χ2v) is 7.98. The van der Waals surface area contributed by atoms with Crippen molar-refractivity contribution in [3.63, 3.8) is 0 Å². The van der Waals surface area contributed by atoms with Crippen LogP contribution in [0.4, 0.5) is 5.69 Å². The molecule has 0 fully saturated rings. The van der Waals surface area contributed by atoms with Crippen LogP contribution in [-0.4, -0.2) is 31.7 Å². The van der Waals surface area contributed by atoms with Crippen molar-refractivity contribution in [1.82, 2.24) is 4.31 Å². The predicted molar refractivity (Wildman–Crippen MR) is 101 cm³/mol. The highest BCUT2D eigenvalue weighted by Crippen LogP contribution is 2.26. The smallest absolute Gasteiger partial charge is 0.255 e. The summed E-state index contributed by atoms with van der Waals surface area (Å²) in [5, 5.41) is 3.41. The Morgan fingerprint density at radius 2 is 1.76 bits per heavy atom. The summed E-state index contributed by atoms with van der Waals surface area (Å²) in [4.78, 5) is 12.5. The number of amides is 1. The molecule has 0 atom stereocenters. The first-order valence-corrected chi connectivity index (χ1v) is 9.85. The molecule has 1 amide bonds. The summed E-state index contributed by atoms with van der Waals surface area (Å²) >= 11 is 11.9. The number of nitrogens with one attached hydrogen (secondary N) is 1. The lowest BCUT2D eigenvalue weighted by molar-refractivity contribution is 0.102. The molecule has 0 saturated heterocycles. The van der Waals surface area contributed by atoms with Crippen LogP contribution in [0.3, 0.4) is 0 Å². The van der Waals surface area contributed by atoms with Gasteiger partial charge in [-0.2, -0.15) is 4.31 Å². The van der Waals surface area contributed by atoms with E-state index in [0.717, 1.165) is 0 Å². The predicted octanol–water partition coefficient (Wildman–Crippen LogP) is 4.28. The molecule has 0 radical (unpaired) electrons. The number of nitrogens with zero attached hydrogens (tertiary/aromatic N) is 1. The Bertz CT molecular complexity index is 881. The van der Waals surface area contributed by atoms with Crippen LogP contribution >= 0.6 is 23.2 Å². The Morgan fingerprint density at radius 3 is 2.40 bits per heavy atom. The van der Waals surface area contributed by atoms with E-state index in [1.165, 1.54) is 34.6 Å². The number of rotatable bonds is 6. The van der Waals surface area contributed by atoms with Gasteiger partial charge in [-0.05, 0) is 36.4 Å². The molecular formula is C17H18Cl2N2O3S. The minimum atomic E-state index is -3.64. The van der Waals surface area contributed by atoms with Gasteiger partial charge in [0, 0.05) is 23.7 Å². The zero-order valence-corrected chi connectivity index (χ0v) is 16.1. The number of benzene rings is 2. The topological polar surface area (TPSA) is 66.5 Å². The molecule has 8 heteroatoms. The van der Waals surface area contributed by atoms with Crippen LogP contribution in [0.15, 0.2) is 47.4 Å².